The third-order valence-corrected chi connectivity index (χ3v) is 7.07. The fourth-order valence-corrected chi connectivity index (χ4v) is 4.72. The van der Waals surface area contributed by atoms with Gasteiger partial charge in [0.1, 0.15) is 0 Å². The Labute approximate surface area is 191 Å². The molecule has 0 saturated carbocycles. The van der Waals surface area contributed by atoms with Crippen LogP contribution < -0.4 is 10.2 Å². The minimum atomic E-state index is -0.146. The van der Waals surface area contributed by atoms with Gasteiger partial charge in [0.25, 0.3) is 11.8 Å². The van der Waals surface area contributed by atoms with Crippen LogP contribution >= 0.6 is 0 Å². The monoisotopic (exact) mass is 433 g/mol. The van der Waals surface area contributed by atoms with Gasteiger partial charge in [0.15, 0.2) is 0 Å². The second kappa shape index (κ2) is 9.76. The highest BCUT2D eigenvalue weighted by Gasteiger charge is 2.27. The van der Waals surface area contributed by atoms with E-state index in [1.54, 1.807) is 0 Å². The second-order valence-corrected chi connectivity index (χ2v) is 9.65. The lowest BCUT2D eigenvalue weighted by atomic mass is 9.96. The summed E-state index contributed by atoms with van der Waals surface area (Å²) in [5.41, 5.74) is 3.95. The Bertz CT molecular complexity index is 971. The quantitative estimate of drug-likeness (QED) is 0.707. The highest BCUT2D eigenvalue weighted by atomic mass is 16.2. The molecule has 0 radical (unpaired) electrons. The lowest BCUT2D eigenvalue weighted by Gasteiger charge is -2.35. The molecular weight excluding hydrogens is 398 g/mol. The van der Waals surface area contributed by atoms with Crippen molar-refractivity contribution in [3.05, 3.63) is 59.2 Å². The summed E-state index contributed by atoms with van der Waals surface area (Å²) in [6.45, 7) is 10.0. The molecule has 2 amide bonds. The van der Waals surface area contributed by atoms with Gasteiger partial charge in [-0.3, -0.25) is 9.59 Å². The lowest BCUT2D eigenvalue weighted by Crippen LogP contribution is -2.40. The maximum Gasteiger partial charge on any atom is 0.256 e. The minimum absolute atomic E-state index is 0.0810. The number of nitrogens with one attached hydrogen (secondary N) is 1. The van der Waals surface area contributed by atoms with Gasteiger partial charge in [0, 0.05) is 43.1 Å². The molecular formula is C27H35N3O2. The number of hydrogen-bond acceptors (Lipinski definition) is 3. The van der Waals surface area contributed by atoms with E-state index in [-0.39, 0.29) is 11.8 Å². The van der Waals surface area contributed by atoms with Crippen LogP contribution in [0.2, 0.25) is 0 Å². The van der Waals surface area contributed by atoms with Gasteiger partial charge < -0.3 is 15.1 Å². The SMILES string of the molecule is Cc1ccccc1C(=O)Nc1ccc(N2CCC(C)CC2)c(C(=O)N2CCC(C)CC2)c1. The summed E-state index contributed by atoms with van der Waals surface area (Å²) in [7, 11) is 0. The first-order chi connectivity index (χ1) is 15.4. The standard InChI is InChI=1S/C27H35N3O2/c1-19-10-14-29(15-11-19)25-9-8-22(28-26(31)23-7-5-4-6-21(23)3)18-24(25)27(32)30-16-12-20(2)13-17-30/h4-9,18-20H,10-17H2,1-3H3,(H,28,31). The van der Waals surface area contributed by atoms with Gasteiger partial charge in [-0.15, -0.1) is 0 Å². The molecule has 4 rings (SSSR count). The maximum atomic E-state index is 13.6. The average Bonchev–Trinajstić information content (AvgIpc) is 2.80. The predicted molar refractivity (Wildman–Crippen MR) is 130 cm³/mol. The molecule has 32 heavy (non-hydrogen) atoms. The predicted octanol–water partition coefficient (Wildman–Crippen LogP) is 5.36. The number of carbonyl (C=O) groups excluding carboxylic acids is 2. The first kappa shape index (κ1) is 22.4. The Hall–Kier alpha value is -2.82. The molecule has 1 N–H and O–H groups in total. The Morgan fingerprint density at radius 1 is 0.844 bits per heavy atom. The van der Waals surface area contributed by atoms with E-state index in [1.807, 2.05) is 54.3 Å². The van der Waals surface area contributed by atoms with Gasteiger partial charge in [0.05, 0.1) is 5.56 Å². The van der Waals surface area contributed by atoms with Crippen molar-refractivity contribution in [1.29, 1.82) is 0 Å². The van der Waals surface area contributed by atoms with Crippen molar-refractivity contribution < 1.29 is 9.59 Å². The van der Waals surface area contributed by atoms with Gasteiger partial charge in [-0.1, -0.05) is 32.0 Å². The van der Waals surface area contributed by atoms with Gasteiger partial charge >= 0.3 is 0 Å². The summed E-state index contributed by atoms with van der Waals surface area (Å²) in [5.74, 6) is 1.33. The smallest absolute Gasteiger partial charge is 0.256 e. The number of amides is 2. The number of nitrogens with zero attached hydrogens (tertiary/aromatic N) is 2. The van der Waals surface area contributed by atoms with Crippen molar-refractivity contribution in [3.63, 3.8) is 0 Å². The molecule has 0 spiro atoms. The van der Waals surface area contributed by atoms with E-state index in [4.69, 9.17) is 0 Å². The zero-order valence-corrected chi connectivity index (χ0v) is 19.6. The third-order valence-electron chi connectivity index (χ3n) is 7.07. The van der Waals surface area contributed by atoms with E-state index in [0.29, 0.717) is 22.7 Å². The van der Waals surface area contributed by atoms with E-state index >= 15 is 0 Å². The molecule has 5 nitrogen and oxygen atoms in total. The van der Waals surface area contributed by atoms with Crippen LogP contribution in [0.1, 0.15) is 65.8 Å². The van der Waals surface area contributed by atoms with Crippen LogP contribution in [0, 0.1) is 18.8 Å². The Morgan fingerprint density at radius 3 is 2.12 bits per heavy atom. The third kappa shape index (κ3) is 4.98. The highest BCUT2D eigenvalue weighted by molar-refractivity contribution is 6.07. The molecule has 0 aliphatic carbocycles. The Balaban J connectivity index is 1.61. The number of anilines is 2. The number of hydrogen-bond donors (Lipinski definition) is 1. The van der Waals surface area contributed by atoms with Crippen molar-refractivity contribution in [3.8, 4) is 0 Å². The molecule has 2 heterocycles. The largest absolute Gasteiger partial charge is 0.371 e. The summed E-state index contributed by atoms with van der Waals surface area (Å²) in [6.07, 6.45) is 4.37. The van der Waals surface area contributed by atoms with Crippen molar-refractivity contribution in [2.45, 2.75) is 46.5 Å². The van der Waals surface area contributed by atoms with Crippen LogP contribution in [-0.4, -0.2) is 42.9 Å². The van der Waals surface area contributed by atoms with Crippen LogP contribution in [0.3, 0.4) is 0 Å². The fraction of sp³-hybridized carbons (Fsp3) is 0.481. The summed E-state index contributed by atoms with van der Waals surface area (Å²) in [5, 5.41) is 3.01. The summed E-state index contributed by atoms with van der Waals surface area (Å²) >= 11 is 0. The molecule has 5 heteroatoms. The minimum Gasteiger partial charge on any atom is -0.371 e. The van der Waals surface area contributed by atoms with E-state index in [1.165, 1.54) is 0 Å². The van der Waals surface area contributed by atoms with Gasteiger partial charge in [0.2, 0.25) is 0 Å². The molecule has 0 bridgehead atoms. The summed E-state index contributed by atoms with van der Waals surface area (Å²) < 4.78 is 0. The maximum absolute atomic E-state index is 13.6. The normalized spacial score (nSPS) is 18.0. The molecule has 2 fully saturated rings. The Morgan fingerprint density at radius 2 is 1.47 bits per heavy atom. The van der Waals surface area contributed by atoms with Gasteiger partial charge in [-0.2, -0.15) is 0 Å². The van der Waals surface area contributed by atoms with E-state index in [9.17, 15) is 9.59 Å². The van der Waals surface area contributed by atoms with Crippen molar-refractivity contribution >= 4 is 23.2 Å². The average molecular weight is 434 g/mol. The molecule has 2 aromatic carbocycles. The molecule has 0 atom stereocenters. The second-order valence-electron chi connectivity index (χ2n) is 9.65. The highest BCUT2D eigenvalue weighted by Crippen LogP contribution is 2.31. The van der Waals surface area contributed by atoms with Crippen LogP contribution in [0.5, 0.6) is 0 Å². The number of benzene rings is 2. The molecule has 2 aliphatic heterocycles. The molecule has 0 unspecified atom stereocenters. The number of carbonyl (C=O) groups is 2. The Kier molecular flexibility index (Phi) is 6.83. The lowest BCUT2D eigenvalue weighted by molar-refractivity contribution is 0.0697. The van der Waals surface area contributed by atoms with Crippen molar-refractivity contribution in [2.24, 2.45) is 11.8 Å². The van der Waals surface area contributed by atoms with Crippen LogP contribution in [0.15, 0.2) is 42.5 Å². The molecule has 170 valence electrons. The summed E-state index contributed by atoms with van der Waals surface area (Å²) in [4.78, 5) is 30.8. The van der Waals surface area contributed by atoms with E-state index in [2.05, 4.69) is 24.1 Å². The van der Waals surface area contributed by atoms with E-state index < -0.39 is 0 Å². The number of rotatable bonds is 4. The van der Waals surface area contributed by atoms with Crippen molar-refractivity contribution in [1.82, 2.24) is 4.90 Å². The summed E-state index contributed by atoms with van der Waals surface area (Å²) in [6, 6.07) is 13.4. The number of aryl methyl sites for hydroxylation is 1. The molecule has 2 aliphatic rings. The van der Waals surface area contributed by atoms with Gasteiger partial charge in [-0.05, 0) is 74.3 Å². The first-order valence-electron chi connectivity index (χ1n) is 12.0. The fourth-order valence-electron chi connectivity index (χ4n) is 4.72. The zero-order chi connectivity index (χ0) is 22.7. The van der Waals surface area contributed by atoms with Crippen LogP contribution in [0.25, 0.3) is 0 Å². The van der Waals surface area contributed by atoms with E-state index in [0.717, 1.165) is 69.0 Å². The van der Waals surface area contributed by atoms with Crippen LogP contribution in [0.4, 0.5) is 11.4 Å². The molecule has 2 saturated heterocycles. The van der Waals surface area contributed by atoms with Crippen LogP contribution in [-0.2, 0) is 0 Å². The first-order valence-corrected chi connectivity index (χ1v) is 12.0. The van der Waals surface area contributed by atoms with Gasteiger partial charge in [-0.25, -0.2) is 0 Å². The number of likely N-dealkylation sites (tertiary alicyclic amines) is 1. The van der Waals surface area contributed by atoms with Crippen molar-refractivity contribution in [2.75, 3.05) is 36.4 Å². The molecule has 0 aromatic heterocycles. The number of piperidine rings is 2. The zero-order valence-electron chi connectivity index (χ0n) is 19.6. The molecule has 2 aromatic rings. The topological polar surface area (TPSA) is 52.7 Å².